The van der Waals surface area contributed by atoms with E-state index >= 15 is 0 Å². The normalized spacial score (nSPS) is 11.3. The van der Waals surface area contributed by atoms with Crippen LogP contribution in [0.2, 0.25) is 0 Å². The van der Waals surface area contributed by atoms with Crippen LogP contribution < -0.4 is 9.47 Å². The number of rotatable bonds is 5. The summed E-state index contributed by atoms with van der Waals surface area (Å²) in [6, 6.07) is 4.92. The van der Waals surface area contributed by atoms with Crippen LogP contribution in [0.5, 0.6) is 11.5 Å². The Hall–Kier alpha value is -1.74. The average Bonchev–Trinajstić information content (AvgIpc) is 2.40. The van der Waals surface area contributed by atoms with Crippen LogP contribution in [0, 0.1) is 11.3 Å². The Morgan fingerprint density at radius 2 is 2.21 bits per heavy atom. The molecular formula is C13H14BrNO4. The molecule has 5 nitrogen and oxygen atoms in total. The van der Waals surface area contributed by atoms with Crippen LogP contribution in [-0.2, 0) is 4.74 Å². The highest BCUT2D eigenvalue weighted by Crippen LogP contribution is 2.36. The van der Waals surface area contributed by atoms with E-state index in [9.17, 15) is 4.79 Å². The largest absolute Gasteiger partial charge is 0.493 e. The van der Waals surface area contributed by atoms with Crippen molar-refractivity contribution in [1.82, 2.24) is 0 Å². The Balaban J connectivity index is 3.08. The van der Waals surface area contributed by atoms with Gasteiger partial charge in [0.2, 0.25) is 0 Å². The fraction of sp³-hybridized carbons (Fsp3) is 0.385. The maximum atomic E-state index is 11.8. The molecule has 0 saturated heterocycles. The second-order valence-corrected chi connectivity index (χ2v) is 4.45. The molecular weight excluding hydrogens is 314 g/mol. The maximum absolute atomic E-state index is 11.8. The van der Waals surface area contributed by atoms with Crippen molar-refractivity contribution in [3.05, 3.63) is 22.2 Å². The lowest BCUT2D eigenvalue weighted by Crippen LogP contribution is -2.13. The topological polar surface area (TPSA) is 68.5 Å². The van der Waals surface area contributed by atoms with Gasteiger partial charge in [-0.2, -0.15) is 5.26 Å². The monoisotopic (exact) mass is 327 g/mol. The number of nitriles is 1. The molecule has 0 aliphatic heterocycles. The van der Waals surface area contributed by atoms with Gasteiger partial charge < -0.3 is 14.2 Å². The summed E-state index contributed by atoms with van der Waals surface area (Å²) in [6.07, 6.45) is -0.802. The number of methoxy groups -OCH3 is 1. The van der Waals surface area contributed by atoms with Crippen molar-refractivity contribution in [2.24, 2.45) is 0 Å². The predicted molar refractivity (Wildman–Crippen MR) is 72.4 cm³/mol. The number of halogens is 1. The molecule has 102 valence electrons. The second kappa shape index (κ2) is 7.00. The van der Waals surface area contributed by atoms with Crippen molar-refractivity contribution in [2.45, 2.75) is 20.0 Å². The molecule has 0 aliphatic carbocycles. The zero-order valence-electron chi connectivity index (χ0n) is 10.9. The number of esters is 1. The summed E-state index contributed by atoms with van der Waals surface area (Å²) in [7, 11) is 1.48. The molecule has 1 atom stereocenters. The first-order valence-corrected chi connectivity index (χ1v) is 6.43. The predicted octanol–water partition coefficient (Wildman–Crippen LogP) is 2.93. The lowest BCUT2D eigenvalue weighted by atomic mass is 10.2. The summed E-state index contributed by atoms with van der Waals surface area (Å²) in [5, 5.41) is 8.62. The molecule has 1 rings (SSSR count). The van der Waals surface area contributed by atoms with Crippen LogP contribution in [0.25, 0.3) is 0 Å². The van der Waals surface area contributed by atoms with Gasteiger partial charge in [-0.3, -0.25) is 0 Å². The van der Waals surface area contributed by atoms with E-state index in [4.69, 9.17) is 19.5 Å². The third kappa shape index (κ3) is 3.86. The SMILES string of the molecule is CCOc1c(Br)cc(C(=O)O[C@@H](C)C#N)cc1OC. The van der Waals surface area contributed by atoms with Crippen molar-refractivity contribution in [2.75, 3.05) is 13.7 Å². The maximum Gasteiger partial charge on any atom is 0.339 e. The first-order valence-electron chi connectivity index (χ1n) is 5.64. The minimum Gasteiger partial charge on any atom is -0.493 e. The number of nitrogens with zero attached hydrogens (tertiary/aromatic N) is 1. The van der Waals surface area contributed by atoms with Crippen LogP contribution in [0.15, 0.2) is 16.6 Å². The molecule has 0 spiro atoms. The second-order valence-electron chi connectivity index (χ2n) is 3.60. The van der Waals surface area contributed by atoms with Gasteiger partial charge in [-0.05, 0) is 41.9 Å². The minimum absolute atomic E-state index is 0.286. The van der Waals surface area contributed by atoms with Gasteiger partial charge in [-0.25, -0.2) is 4.79 Å². The fourth-order valence-electron chi connectivity index (χ4n) is 1.38. The van der Waals surface area contributed by atoms with E-state index < -0.39 is 12.1 Å². The summed E-state index contributed by atoms with van der Waals surface area (Å²) in [4.78, 5) is 11.8. The zero-order valence-corrected chi connectivity index (χ0v) is 12.5. The number of carbonyl (C=O) groups is 1. The number of benzene rings is 1. The van der Waals surface area contributed by atoms with E-state index in [0.29, 0.717) is 22.6 Å². The standard InChI is InChI=1S/C13H14BrNO4/c1-4-18-12-10(14)5-9(6-11(12)17-3)13(16)19-8(2)7-15/h5-6,8H,4H2,1-3H3/t8-/m0/s1. The van der Waals surface area contributed by atoms with Crippen molar-refractivity contribution in [1.29, 1.82) is 5.26 Å². The molecule has 0 amide bonds. The average molecular weight is 328 g/mol. The summed E-state index contributed by atoms with van der Waals surface area (Å²) < 4.78 is 16.1. The summed E-state index contributed by atoms with van der Waals surface area (Å²) in [5.41, 5.74) is 0.286. The van der Waals surface area contributed by atoms with Gasteiger partial charge in [0, 0.05) is 0 Å². The molecule has 0 fully saturated rings. The summed E-state index contributed by atoms with van der Waals surface area (Å²) in [5.74, 6) is 0.360. The molecule has 19 heavy (non-hydrogen) atoms. The van der Waals surface area contributed by atoms with Gasteiger partial charge in [-0.1, -0.05) is 0 Å². The quantitative estimate of drug-likeness (QED) is 0.778. The summed E-state index contributed by atoms with van der Waals surface area (Å²) in [6.45, 7) is 3.83. The number of hydrogen-bond acceptors (Lipinski definition) is 5. The number of ether oxygens (including phenoxy) is 3. The molecule has 0 radical (unpaired) electrons. The molecule has 0 aliphatic rings. The van der Waals surface area contributed by atoms with E-state index in [2.05, 4.69) is 15.9 Å². The lowest BCUT2D eigenvalue weighted by Gasteiger charge is -2.13. The fourth-order valence-corrected chi connectivity index (χ4v) is 1.93. The third-order valence-electron chi connectivity index (χ3n) is 2.22. The third-order valence-corrected chi connectivity index (χ3v) is 2.81. The van der Waals surface area contributed by atoms with E-state index in [1.807, 2.05) is 13.0 Å². The van der Waals surface area contributed by atoms with E-state index in [1.54, 1.807) is 6.07 Å². The molecule has 6 heteroatoms. The Morgan fingerprint density at radius 1 is 1.53 bits per heavy atom. The Morgan fingerprint density at radius 3 is 2.74 bits per heavy atom. The van der Waals surface area contributed by atoms with Gasteiger partial charge in [-0.15, -0.1) is 0 Å². The van der Waals surface area contributed by atoms with E-state index in [0.717, 1.165) is 0 Å². The van der Waals surface area contributed by atoms with Gasteiger partial charge in [0.15, 0.2) is 17.6 Å². The molecule has 0 unspecified atom stereocenters. The van der Waals surface area contributed by atoms with Gasteiger partial charge in [0.05, 0.1) is 23.8 Å². The molecule has 0 heterocycles. The van der Waals surface area contributed by atoms with Crippen molar-refractivity contribution in [3.63, 3.8) is 0 Å². The van der Waals surface area contributed by atoms with Crippen molar-refractivity contribution in [3.8, 4) is 17.6 Å². The lowest BCUT2D eigenvalue weighted by molar-refractivity contribution is 0.0435. The first-order chi connectivity index (χ1) is 9.03. The summed E-state index contributed by atoms with van der Waals surface area (Å²) >= 11 is 3.31. The first kappa shape index (κ1) is 15.3. The Labute approximate surface area is 120 Å². The van der Waals surface area contributed by atoms with Crippen LogP contribution in [-0.4, -0.2) is 25.8 Å². The molecule has 1 aromatic rings. The van der Waals surface area contributed by atoms with Crippen LogP contribution in [0.3, 0.4) is 0 Å². The van der Waals surface area contributed by atoms with Crippen molar-refractivity contribution < 1.29 is 19.0 Å². The minimum atomic E-state index is -0.802. The number of carbonyl (C=O) groups excluding carboxylic acids is 1. The molecule has 0 aromatic heterocycles. The van der Waals surface area contributed by atoms with E-state index in [-0.39, 0.29) is 5.56 Å². The smallest absolute Gasteiger partial charge is 0.339 e. The highest BCUT2D eigenvalue weighted by molar-refractivity contribution is 9.10. The van der Waals surface area contributed by atoms with Crippen LogP contribution in [0.4, 0.5) is 0 Å². The zero-order chi connectivity index (χ0) is 14.4. The van der Waals surface area contributed by atoms with Crippen LogP contribution in [0.1, 0.15) is 24.2 Å². The van der Waals surface area contributed by atoms with Gasteiger partial charge >= 0.3 is 5.97 Å². The molecule has 0 bridgehead atoms. The van der Waals surface area contributed by atoms with Crippen molar-refractivity contribution >= 4 is 21.9 Å². The van der Waals surface area contributed by atoms with Crippen LogP contribution >= 0.6 is 15.9 Å². The Bertz CT molecular complexity index is 510. The van der Waals surface area contributed by atoms with Gasteiger partial charge in [0.1, 0.15) is 6.07 Å². The molecule has 1 aromatic carbocycles. The highest BCUT2D eigenvalue weighted by Gasteiger charge is 2.17. The Kier molecular flexibility index (Phi) is 5.64. The molecule has 0 N–H and O–H groups in total. The molecule has 0 saturated carbocycles. The highest BCUT2D eigenvalue weighted by atomic mass is 79.9. The number of hydrogen-bond donors (Lipinski definition) is 0. The van der Waals surface area contributed by atoms with Gasteiger partial charge in [0.25, 0.3) is 0 Å². The van der Waals surface area contributed by atoms with E-state index in [1.165, 1.54) is 20.1 Å².